The van der Waals surface area contributed by atoms with Gasteiger partial charge in [-0.15, -0.1) is 0 Å². The van der Waals surface area contributed by atoms with Crippen LogP contribution in [0.1, 0.15) is 40.9 Å². The first-order chi connectivity index (χ1) is 10.5. The second-order valence-electron chi connectivity index (χ2n) is 6.35. The van der Waals surface area contributed by atoms with Gasteiger partial charge in [-0.3, -0.25) is 4.79 Å². The zero-order valence-corrected chi connectivity index (χ0v) is 13.6. The molecule has 1 aliphatic rings. The highest BCUT2D eigenvalue weighted by Gasteiger charge is 2.36. The molecule has 4 nitrogen and oxygen atoms in total. The summed E-state index contributed by atoms with van der Waals surface area (Å²) in [5.41, 5.74) is 2.24. The number of furan rings is 1. The molecule has 1 aromatic carbocycles. The molecule has 22 heavy (non-hydrogen) atoms. The Hall–Kier alpha value is -1.52. The largest absolute Gasteiger partial charge is 0.451 e. The van der Waals surface area contributed by atoms with E-state index in [-0.39, 0.29) is 17.9 Å². The van der Waals surface area contributed by atoms with Gasteiger partial charge < -0.3 is 14.8 Å². The molecule has 1 aromatic heterocycles. The maximum Gasteiger partial charge on any atom is 0.287 e. The van der Waals surface area contributed by atoms with Crippen LogP contribution >= 0.6 is 11.6 Å². The van der Waals surface area contributed by atoms with E-state index in [0.29, 0.717) is 22.9 Å². The zero-order chi connectivity index (χ0) is 15.9. The molecule has 1 amide bonds. The van der Waals surface area contributed by atoms with Crippen LogP contribution < -0.4 is 5.32 Å². The smallest absolute Gasteiger partial charge is 0.287 e. The molecule has 1 fully saturated rings. The van der Waals surface area contributed by atoms with E-state index in [1.54, 1.807) is 0 Å². The van der Waals surface area contributed by atoms with Gasteiger partial charge in [-0.2, -0.15) is 0 Å². The standard InChI is InChI=1S/C17H20ClNO3/c1-10-6-14-12(7-13(10)18)11(2)15(22-14)16(21)19-8-17(9-20)4-3-5-17/h6-7,20H,3-5,8-9H2,1-2H3,(H,19,21). The van der Waals surface area contributed by atoms with Crippen molar-refractivity contribution in [3.05, 3.63) is 34.0 Å². The van der Waals surface area contributed by atoms with E-state index in [4.69, 9.17) is 16.0 Å². The normalized spacial score (nSPS) is 16.5. The lowest BCUT2D eigenvalue weighted by Gasteiger charge is -2.40. The number of hydrogen-bond donors (Lipinski definition) is 2. The molecule has 0 aliphatic heterocycles. The van der Waals surface area contributed by atoms with Gasteiger partial charge in [0.2, 0.25) is 0 Å². The molecule has 3 rings (SSSR count). The fourth-order valence-corrected chi connectivity index (χ4v) is 3.14. The first-order valence-electron chi connectivity index (χ1n) is 7.54. The van der Waals surface area contributed by atoms with E-state index in [2.05, 4.69) is 5.32 Å². The van der Waals surface area contributed by atoms with Gasteiger partial charge in [-0.05, 0) is 44.4 Å². The van der Waals surface area contributed by atoms with Crippen LogP contribution in [-0.2, 0) is 0 Å². The quantitative estimate of drug-likeness (QED) is 0.904. The van der Waals surface area contributed by atoms with Crippen LogP contribution in [0.3, 0.4) is 0 Å². The van der Waals surface area contributed by atoms with Crippen molar-refractivity contribution in [1.29, 1.82) is 0 Å². The Labute approximate surface area is 134 Å². The van der Waals surface area contributed by atoms with Gasteiger partial charge in [-0.25, -0.2) is 0 Å². The lowest BCUT2D eigenvalue weighted by atomic mass is 9.69. The average Bonchev–Trinajstić information content (AvgIpc) is 2.76. The maximum absolute atomic E-state index is 12.4. The van der Waals surface area contributed by atoms with E-state index in [1.807, 2.05) is 26.0 Å². The highest BCUT2D eigenvalue weighted by Crippen LogP contribution is 2.39. The number of hydrogen-bond acceptors (Lipinski definition) is 3. The summed E-state index contributed by atoms with van der Waals surface area (Å²) in [6, 6.07) is 3.69. The highest BCUT2D eigenvalue weighted by atomic mass is 35.5. The van der Waals surface area contributed by atoms with Crippen molar-refractivity contribution in [2.75, 3.05) is 13.2 Å². The third-order valence-corrected chi connectivity index (χ3v) is 5.20. The van der Waals surface area contributed by atoms with Crippen LogP contribution in [0.5, 0.6) is 0 Å². The second-order valence-corrected chi connectivity index (χ2v) is 6.76. The molecular formula is C17H20ClNO3. The van der Waals surface area contributed by atoms with Crippen LogP contribution in [0.15, 0.2) is 16.5 Å². The molecule has 0 unspecified atom stereocenters. The monoisotopic (exact) mass is 321 g/mol. The van der Waals surface area contributed by atoms with Crippen LogP contribution in [0.2, 0.25) is 5.02 Å². The first-order valence-corrected chi connectivity index (χ1v) is 7.92. The Morgan fingerprint density at radius 2 is 2.14 bits per heavy atom. The van der Waals surface area contributed by atoms with E-state index >= 15 is 0 Å². The SMILES string of the molecule is Cc1cc2oc(C(=O)NCC3(CO)CCC3)c(C)c2cc1Cl. The third-order valence-electron chi connectivity index (χ3n) is 4.80. The minimum Gasteiger partial charge on any atom is -0.451 e. The Kier molecular flexibility index (Phi) is 3.91. The molecule has 0 saturated heterocycles. The summed E-state index contributed by atoms with van der Waals surface area (Å²) in [5, 5.41) is 13.9. The van der Waals surface area contributed by atoms with Crippen LogP contribution in [0.4, 0.5) is 0 Å². The number of halogens is 1. The number of aryl methyl sites for hydroxylation is 2. The van der Waals surface area contributed by atoms with Crippen molar-refractivity contribution >= 4 is 28.5 Å². The molecule has 1 aliphatic carbocycles. The van der Waals surface area contributed by atoms with Crippen LogP contribution in [-0.4, -0.2) is 24.2 Å². The van der Waals surface area contributed by atoms with Crippen molar-refractivity contribution in [3.8, 4) is 0 Å². The second kappa shape index (κ2) is 5.60. The van der Waals surface area contributed by atoms with Gasteiger partial charge in [-0.1, -0.05) is 18.0 Å². The van der Waals surface area contributed by atoms with E-state index in [1.165, 1.54) is 0 Å². The fourth-order valence-electron chi connectivity index (χ4n) is 2.97. The fraction of sp³-hybridized carbons (Fsp3) is 0.471. The molecular weight excluding hydrogens is 302 g/mol. The minimum atomic E-state index is -0.234. The molecule has 0 atom stereocenters. The van der Waals surface area contributed by atoms with Crippen molar-refractivity contribution in [2.45, 2.75) is 33.1 Å². The summed E-state index contributed by atoms with van der Waals surface area (Å²) < 4.78 is 5.71. The average molecular weight is 322 g/mol. The topological polar surface area (TPSA) is 62.5 Å². The van der Waals surface area contributed by atoms with E-state index in [0.717, 1.165) is 35.8 Å². The number of rotatable bonds is 4. The third kappa shape index (κ3) is 2.50. The summed E-state index contributed by atoms with van der Waals surface area (Å²) in [7, 11) is 0. The van der Waals surface area contributed by atoms with Gasteiger partial charge in [0.1, 0.15) is 5.58 Å². The van der Waals surface area contributed by atoms with Crippen molar-refractivity contribution in [1.82, 2.24) is 5.32 Å². The summed E-state index contributed by atoms with van der Waals surface area (Å²) in [5.74, 6) is 0.0891. The highest BCUT2D eigenvalue weighted by molar-refractivity contribution is 6.32. The van der Waals surface area contributed by atoms with Gasteiger partial charge in [0.15, 0.2) is 5.76 Å². The molecule has 0 spiro atoms. The number of aliphatic hydroxyl groups excluding tert-OH is 1. The van der Waals surface area contributed by atoms with Gasteiger partial charge >= 0.3 is 0 Å². The zero-order valence-electron chi connectivity index (χ0n) is 12.8. The summed E-state index contributed by atoms with van der Waals surface area (Å²) in [6.07, 6.45) is 3.02. The molecule has 0 bridgehead atoms. The first kappa shape index (κ1) is 15.4. The Bertz CT molecular complexity index is 726. The summed E-state index contributed by atoms with van der Waals surface area (Å²) in [4.78, 5) is 12.4. The van der Waals surface area contributed by atoms with Crippen LogP contribution in [0.25, 0.3) is 11.0 Å². The number of nitrogens with one attached hydrogen (secondary N) is 1. The number of fused-ring (bicyclic) bond motifs is 1. The van der Waals surface area contributed by atoms with Gasteiger partial charge in [0, 0.05) is 27.9 Å². The Balaban J connectivity index is 1.83. The number of benzene rings is 1. The number of amides is 1. The maximum atomic E-state index is 12.4. The predicted molar refractivity (Wildman–Crippen MR) is 86.4 cm³/mol. The van der Waals surface area contributed by atoms with E-state index < -0.39 is 0 Å². The van der Waals surface area contributed by atoms with Crippen molar-refractivity contribution < 1.29 is 14.3 Å². The summed E-state index contributed by atoms with van der Waals surface area (Å²) >= 11 is 6.14. The molecule has 118 valence electrons. The summed E-state index contributed by atoms with van der Waals surface area (Å²) in [6.45, 7) is 4.36. The minimum absolute atomic E-state index is 0.112. The molecule has 2 aromatic rings. The van der Waals surface area contributed by atoms with E-state index in [9.17, 15) is 9.90 Å². The number of aliphatic hydroxyl groups is 1. The lowest BCUT2D eigenvalue weighted by molar-refractivity contribution is 0.0424. The molecule has 1 heterocycles. The Morgan fingerprint density at radius 3 is 2.73 bits per heavy atom. The van der Waals surface area contributed by atoms with Crippen molar-refractivity contribution in [3.63, 3.8) is 0 Å². The molecule has 2 N–H and O–H groups in total. The predicted octanol–water partition coefficient (Wildman–Crippen LogP) is 3.60. The van der Waals surface area contributed by atoms with Gasteiger partial charge in [0.25, 0.3) is 5.91 Å². The van der Waals surface area contributed by atoms with Crippen LogP contribution in [0, 0.1) is 19.3 Å². The number of carbonyl (C=O) groups is 1. The number of carbonyl (C=O) groups excluding carboxylic acids is 1. The molecule has 0 radical (unpaired) electrons. The lowest BCUT2D eigenvalue weighted by Crippen LogP contribution is -2.44. The van der Waals surface area contributed by atoms with Gasteiger partial charge in [0.05, 0.1) is 6.61 Å². The molecule has 1 saturated carbocycles. The Morgan fingerprint density at radius 1 is 1.41 bits per heavy atom. The van der Waals surface area contributed by atoms with Crippen molar-refractivity contribution in [2.24, 2.45) is 5.41 Å². The molecule has 5 heteroatoms.